The van der Waals surface area contributed by atoms with Gasteiger partial charge in [-0.3, -0.25) is 5.10 Å². The number of hydrogen-bond donors (Lipinski definition) is 2. The monoisotopic (exact) mass is 226 g/mol. The van der Waals surface area contributed by atoms with Crippen molar-refractivity contribution in [3.05, 3.63) is 11.6 Å². The van der Waals surface area contributed by atoms with Gasteiger partial charge >= 0.3 is 0 Å². The molecule has 0 radical (unpaired) electrons. The summed E-state index contributed by atoms with van der Waals surface area (Å²) >= 11 is 2.00. The number of H-pyrrole nitrogens is 1. The summed E-state index contributed by atoms with van der Waals surface area (Å²) in [7, 11) is 0. The normalized spacial score (nSPS) is 18.2. The highest BCUT2D eigenvalue weighted by atomic mass is 32.2. The minimum absolute atomic E-state index is 0.421. The molecule has 2 rings (SSSR count). The van der Waals surface area contributed by atoms with E-state index in [0.717, 1.165) is 16.8 Å². The first kappa shape index (κ1) is 11.0. The van der Waals surface area contributed by atoms with Crippen molar-refractivity contribution in [1.82, 2.24) is 15.2 Å². The quantitative estimate of drug-likeness (QED) is 0.822. The summed E-state index contributed by atoms with van der Waals surface area (Å²) in [5.41, 5.74) is 5.45. The van der Waals surface area contributed by atoms with Crippen molar-refractivity contribution in [1.29, 1.82) is 0 Å². The van der Waals surface area contributed by atoms with Gasteiger partial charge in [-0.05, 0) is 12.8 Å². The number of rotatable bonds is 4. The molecule has 1 aromatic rings. The molecule has 0 aliphatic heterocycles. The maximum absolute atomic E-state index is 5.45. The smallest absolute Gasteiger partial charge is 0.164 e. The fraction of sp³-hybridized carbons (Fsp3) is 0.800. The third kappa shape index (κ3) is 3.21. The lowest BCUT2D eigenvalue weighted by Gasteiger charge is -2.20. The van der Waals surface area contributed by atoms with E-state index in [-0.39, 0.29) is 0 Å². The molecule has 0 unspecified atom stereocenters. The van der Waals surface area contributed by atoms with Gasteiger partial charge in [-0.25, -0.2) is 4.98 Å². The van der Waals surface area contributed by atoms with Gasteiger partial charge in [0.25, 0.3) is 0 Å². The molecular weight excluding hydrogens is 208 g/mol. The molecule has 15 heavy (non-hydrogen) atoms. The lowest BCUT2D eigenvalue weighted by atomic mass is 10.0. The molecular formula is C10H18N4S. The Hall–Kier alpha value is -0.550. The van der Waals surface area contributed by atoms with Crippen LogP contribution >= 0.6 is 11.8 Å². The minimum atomic E-state index is 0.421. The molecule has 0 aromatic carbocycles. The molecule has 0 atom stereocenters. The fourth-order valence-electron chi connectivity index (χ4n) is 1.92. The van der Waals surface area contributed by atoms with Crippen LogP contribution in [-0.2, 0) is 12.3 Å². The van der Waals surface area contributed by atoms with E-state index in [1.807, 2.05) is 11.8 Å². The molecule has 4 nitrogen and oxygen atoms in total. The van der Waals surface area contributed by atoms with Crippen molar-refractivity contribution in [3.8, 4) is 0 Å². The van der Waals surface area contributed by atoms with Crippen LogP contribution in [0.1, 0.15) is 43.8 Å². The predicted molar refractivity (Wildman–Crippen MR) is 62.4 cm³/mol. The summed E-state index contributed by atoms with van der Waals surface area (Å²) in [5, 5.41) is 7.78. The maximum Gasteiger partial charge on any atom is 0.164 e. The third-order valence-electron chi connectivity index (χ3n) is 2.77. The van der Waals surface area contributed by atoms with Crippen LogP contribution in [0.5, 0.6) is 0 Å². The Balaban J connectivity index is 1.76. The molecule has 0 spiro atoms. The van der Waals surface area contributed by atoms with E-state index >= 15 is 0 Å². The Morgan fingerprint density at radius 3 is 2.80 bits per heavy atom. The lowest BCUT2D eigenvalue weighted by molar-refractivity contribution is 0.516. The van der Waals surface area contributed by atoms with Crippen LogP contribution in [0, 0.1) is 0 Å². The van der Waals surface area contributed by atoms with Crippen molar-refractivity contribution in [3.63, 3.8) is 0 Å². The first-order chi connectivity index (χ1) is 7.38. The number of aromatic nitrogens is 3. The second-order valence-electron chi connectivity index (χ2n) is 3.97. The molecule has 1 aliphatic rings. The van der Waals surface area contributed by atoms with E-state index in [0.29, 0.717) is 12.4 Å². The van der Waals surface area contributed by atoms with E-state index < -0.39 is 0 Å². The Morgan fingerprint density at radius 1 is 1.33 bits per heavy atom. The first-order valence-corrected chi connectivity index (χ1v) is 6.65. The van der Waals surface area contributed by atoms with Crippen molar-refractivity contribution in [2.75, 3.05) is 0 Å². The predicted octanol–water partition coefficient (Wildman–Crippen LogP) is 1.83. The van der Waals surface area contributed by atoms with E-state index in [1.165, 1.54) is 32.1 Å². The Labute approximate surface area is 94.4 Å². The molecule has 0 bridgehead atoms. The summed E-state index contributed by atoms with van der Waals surface area (Å²) in [4.78, 5) is 4.30. The summed E-state index contributed by atoms with van der Waals surface area (Å²) in [6.07, 6.45) is 6.92. The summed E-state index contributed by atoms with van der Waals surface area (Å²) in [5.74, 6) is 2.62. The SMILES string of the molecule is NCc1n[nH]c(CSC2CCCCC2)n1. The maximum atomic E-state index is 5.45. The second kappa shape index (κ2) is 5.51. The summed E-state index contributed by atoms with van der Waals surface area (Å²) in [6.45, 7) is 0.421. The van der Waals surface area contributed by atoms with Gasteiger partial charge < -0.3 is 5.73 Å². The first-order valence-electron chi connectivity index (χ1n) is 5.60. The Bertz CT molecular complexity index is 293. The van der Waals surface area contributed by atoms with Gasteiger partial charge in [0, 0.05) is 5.25 Å². The molecule has 1 heterocycles. The van der Waals surface area contributed by atoms with Crippen LogP contribution in [-0.4, -0.2) is 20.4 Å². The molecule has 84 valence electrons. The molecule has 1 saturated carbocycles. The van der Waals surface area contributed by atoms with E-state index in [1.54, 1.807) is 0 Å². The van der Waals surface area contributed by atoms with Gasteiger partial charge in [-0.1, -0.05) is 19.3 Å². The lowest BCUT2D eigenvalue weighted by Crippen LogP contribution is -2.08. The van der Waals surface area contributed by atoms with Gasteiger partial charge in [0.15, 0.2) is 5.82 Å². The Kier molecular flexibility index (Phi) is 4.02. The van der Waals surface area contributed by atoms with E-state index in [4.69, 9.17) is 5.73 Å². The van der Waals surface area contributed by atoms with Crippen molar-refractivity contribution in [2.24, 2.45) is 5.73 Å². The highest BCUT2D eigenvalue weighted by Crippen LogP contribution is 2.29. The number of nitrogens with zero attached hydrogens (tertiary/aromatic N) is 2. The van der Waals surface area contributed by atoms with Crippen LogP contribution in [0.2, 0.25) is 0 Å². The standard InChI is InChI=1S/C10H18N4S/c11-6-9-12-10(14-13-9)7-15-8-4-2-1-3-5-8/h8H,1-7,11H2,(H,12,13,14). The summed E-state index contributed by atoms with van der Waals surface area (Å²) in [6, 6.07) is 0. The topological polar surface area (TPSA) is 67.6 Å². The number of thioether (sulfide) groups is 1. The third-order valence-corrected chi connectivity index (χ3v) is 4.15. The van der Waals surface area contributed by atoms with Crippen molar-refractivity contribution < 1.29 is 0 Å². The molecule has 0 saturated heterocycles. The number of nitrogens with one attached hydrogen (secondary N) is 1. The second-order valence-corrected chi connectivity index (χ2v) is 5.26. The van der Waals surface area contributed by atoms with Crippen molar-refractivity contribution in [2.45, 2.75) is 49.7 Å². The van der Waals surface area contributed by atoms with Crippen LogP contribution in [0.15, 0.2) is 0 Å². The zero-order valence-corrected chi connectivity index (χ0v) is 9.72. The van der Waals surface area contributed by atoms with Crippen LogP contribution < -0.4 is 5.73 Å². The number of hydrogen-bond acceptors (Lipinski definition) is 4. The molecule has 5 heteroatoms. The van der Waals surface area contributed by atoms with Crippen LogP contribution in [0.25, 0.3) is 0 Å². The van der Waals surface area contributed by atoms with Gasteiger partial charge in [0.1, 0.15) is 5.82 Å². The van der Waals surface area contributed by atoms with Gasteiger partial charge in [0.2, 0.25) is 0 Å². The van der Waals surface area contributed by atoms with Gasteiger partial charge in [-0.15, -0.1) is 0 Å². The van der Waals surface area contributed by atoms with Crippen LogP contribution in [0.4, 0.5) is 0 Å². The highest BCUT2D eigenvalue weighted by Gasteiger charge is 2.14. The molecule has 3 N–H and O–H groups in total. The number of aromatic amines is 1. The van der Waals surface area contributed by atoms with Crippen LogP contribution in [0.3, 0.4) is 0 Å². The highest BCUT2D eigenvalue weighted by molar-refractivity contribution is 7.99. The van der Waals surface area contributed by atoms with Gasteiger partial charge in [0.05, 0.1) is 12.3 Å². The average Bonchev–Trinajstić information content (AvgIpc) is 2.76. The van der Waals surface area contributed by atoms with E-state index in [9.17, 15) is 0 Å². The Morgan fingerprint density at radius 2 is 2.13 bits per heavy atom. The average molecular weight is 226 g/mol. The number of nitrogens with two attached hydrogens (primary N) is 1. The largest absolute Gasteiger partial charge is 0.324 e. The molecule has 1 aromatic heterocycles. The minimum Gasteiger partial charge on any atom is -0.324 e. The zero-order valence-electron chi connectivity index (χ0n) is 8.91. The summed E-state index contributed by atoms with van der Waals surface area (Å²) < 4.78 is 0. The van der Waals surface area contributed by atoms with Crippen molar-refractivity contribution >= 4 is 11.8 Å². The molecule has 1 fully saturated rings. The zero-order chi connectivity index (χ0) is 10.5. The molecule has 1 aliphatic carbocycles. The molecule has 0 amide bonds. The van der Waals surface area contributed by atoms with E-state index in [2.05, 4.69) is 15.2 Å². The van der Waals surface area contributed by atoms with Gasteiger partial charge in [-0.2, -0.15) is 16.9 Å². The fourth-order valence-corrected chi connectivity index (χ4v) is 3.11.